The largest absolute Gasteiger partial charge is 0.339 e. The first-order valence-corrected chi connectivity index (χ1v) is 9.15. The van der Waals surface area contributed by atoms with E-state index in [1.807, 2.05) is 49.5 Å². The number of piperidine rings is 1. The van der Waals surface area contributed by atoms with Gasteiger partial charge in [-0.1, -0.05) is 37.3 Å². The Morgan fingerprint density at radius 3 is 2.76 bits per heavy atom. The Bertz CT molecular complexity index is 697. The van der Waals surface area contributed by atoms with Crippen LogP contribution in [0.4, 0.5) is 0 Å². The van der Waals surface area contributed by atoms with Crippen LogP contribution < -0.4 is 0 Å². The molecule has 0 spiro atoms. The van der Waals surface area contributed by atoms with Crippen molar-refractivity contribution in [3.63, 3.8) is 0 Å². The normalized spacial score (nSPS) is 19.2. The summed E-state index contributed by atoms with van der Waals surface area (Å²) in [6.45, 7) is 6.56. The molecule has 1 fully saturated rings. The standard InChI is InChI=1S/C20H28N4O/c1-4-22(3)19(17-9-6-5-7-10-17)20(25)23-13-8-11-18(15-23)24-14-12-21-16(24)2/h5-7,9-10,12,14,18-19H,4,8,11,13,15H2,1-3H3/t18-,19-/m1/s1. The number of nitrogens with zero attached hydrogens (tertiary/aromatic N) is 4. The van der Waals surface area contributed by atoms with E-state index < -0.39 is 0 Å². The Labute approximate surface area is 150 Å². The second kappa shape index (κ2) is 7.83. The summed E-state index contributed by atoms with van der Waals surface area (Å²) >= 11 is 0. The van der Waals surface area contributed by atoms with Gasteiger partial charge in [0.15, 0.2) is 0 Å². The summed E-state index contributed by atoms with van der Waals surface area (Å²) in [5, 5.41) is 0. The number of aromatic nitrogens is 2. The molecule has 0 saturated carbocycles. The lowest BCUT2D eigenvalue weighted by atomic mass is 10.0. The molecule has 1 aliphatic rings. The lowest BCUT2D eigenvalue weighted by Crippen LogP contribution is -2.46. The third kappa shape index (κ3) is 3.76. The number of benzene rings is 1. The van der Waals surface area contributed by atoms with Crippen LogP contribution in [-0.4, -0.2) is 51.9 Å². The van der Waals surface area contributed by atoms with E-state index in [9.17, 15) is 4.79 Å². The molecule has 0 bridgehead atoms. The van der Waals surface area contributed by atoms with E-state index in [0.717, 1.165) is 43.9 Å². The van der Waals surface area contributed by atoms with Crippen molar-refractivity contribution in [2.24, 2.45) is 0 Å². The summed E-state index contributed by atoms with van der Waals surface area (Å²) < 4.78 is 2.21. The van der Waals surface area contributed by atoms with Crippen LogP contribution >= 0.6 is 0 Å². The van der Waals surface area contributed by atoms with Crippen molar-refractivity contribution in [2.45, 2.75) is 38.8 Å². The van der Waals surface area contributed by atoms with E-state index >= 15 is 0 Å². The molecule has 1 aromatic carbocycles. The predicted octanol–water partition coefficient (Wildman–Crippen LogP) is 3.05. The zero-order chi connectivity index (χ0) is 17.8. The Balaban J connectivity index is 1.81. The molecule has 5 heteroatoms. The summed E-state index contributed by atoms with van der Waals surface area (Å²) in [4.78, 5) is 21.9. The third-order valence-corrected chi connectivity index (χ3v) is 5.25. The number of amides is 1. The van der Waals surface area contributed by atoms with Crippen LogP contribution in [0, 0.1) is 6.92 Å². The number of carbonyl (C=O) groups is 1. The maximum Gasteiger partial charge on any atom is 0.244 e. The fourth-order valence-electron chi connectivity index (χ4n) is 3.73. The van der Waals surface area contributed by atoms with Crippen LogP contribution in [0.5, 0.6) is 0 Å². The van der Waals surface area contributed by atoms with Crippen LogP contribution in [0.1, 0.15) is 43.2 Å². The molecule has 2 aromatic rings. The Kier molecular flexibility index (Phi) is 5.53. The number of likely N-dealkylation sites (N-methyl/N-ethyl adjacent to an activating group) is 1. The van der Waals surface area contributed by atoms with Crippen LogP contribution in [0.3, 0.4) is 0 Å². The number of imidazole rings is 1. The van der Waals surface area contributed by atoms with E-state index in [1.54, 1.807) is 0 Å². The SMILES string of the molecule is CCN(C)[C@@H](C(=O)N1CCC[C@@H](n2ccnc2C)C1)c1ccccc1. The first-order chi connectivity index (χ1) is 12.1. The van der Waals surface area contributed by atoms with Gasteiger partial charge >= 0.3 is 0 Å². The minimum atomic E-state index is -0.214. The number of likely N-dealkylation sites (tertiary alicyclic amines) is 1. The van der Waals surface area contributed by atoms with Gasteiger partial charge in [0.1, 0.15) is 11.9 Å². The van der Waals surface area contributed by atoms with E-state index in [4.69, 9.17) is 0 Å². The molecule has 1 aliphatic heterocycles. The van der Waals surface area contributed by atoms with Gasteiger partial charge in [-0.25, -0.2) is 4.98 Å². The van der Waals surface area contributed by atoms with E-state index in [1.165, 1.54) is 0 Å². The van der Waals surface area contributed by atoms with Crippen LogP contribution in [0.25, 0.3) is 0 Å². The van der Waals surface area contributed by atoms with Gasteiger partial charge in [0.25, 0.3) is 0 Å². The quantitative estimate of drug-likeness (QED) is 0.840. The summed E-state index contributed by atoms with van der Waals surface area (Å²) in [5.74, 6) is 1.22. The van der Waals surface area contributed by atoms with Gasteiger partial charge in [0.2, 0.25) is 5.91 Å². The van der Waals surface area contributed by atoms with Crippen molar-refractivity contribution in [3.8, 4) is 0 Å². The van der Waals surface area contributed by atoms with Crippen molar-refractivity contribution < 1.29 is 4.79 Å². The average Bonchev–Trinajstić information content (AvgIpc) is 3.08. The van der Waals surface area contributed by atoms with Gasteiger partial charge in [-0.3, -0.25) is 9.69 Å². The maximum absolute atomic E-state index is 13.4. The molecule has 5 nitrogen and oxygen atoms in total. The van der Waals surface area contributed by atoms with Gasteiger partial charge in [-0.05, 0) is 38.9 Å². The van der Waals surface area contributed by atoms with E-state index in [-0.39, 0.29) is 11.9 Å². The molecule has 2 atom stereocenters. The Morgan fingerprint density at radius 2 is 2.12 bits per heavy atom. The zero-order valence-corrected chi connectivity index (χ0v) is 15.4. The van der Waals surface area contributed by atoms with Crippen molar-refractivity contribution in [2.75, 3.05) is 26.7 Å². The van der Waals surface area contributed by atoms with Gasteiger partial charge < -0.3 is 9.47 Å². The first-order valence-electron chi connectivity index (χ1n) is 9.15. The Hall–Kier alpha value is -2.14. The summed E-state index contributed by atoms with van der Waals surface area (Å²) in [5.41, 5.74) is 1.07. The summed E-state index contributed by atoms with van der Waals surface area (Å²) in [6.07, 6.45) is 6.00. The predicted molar refractivity (Wildman–Crippen MR) is 99.3 cm³/mol. The highest BCUT2D eigenvalue weighted by Gasteiger charge is 2.32. The number of hydrogen-bond acceptors (Lipinski definition) is 3. The highest BCUT2D eigenvalue weighted by atomic mass is 16.2. The van der Waals surface area contributed by atoms with Gasteiger partial charge in [-0.15, -0.1) is 0 Å². The second-order valence-corrected chi connectivity index (χ2v) is 6.85. The molecule has 0 unspecified atom stereocenters. The second-order valence-electron chi connectivity index (χ2n) is 6.85. The molecule has 1 amide bonds. The highest BCUT2D eigenvalue weighted by molar-refractivity contribution is 5.83. The van der Waals surface area contributed by atoms with Crippen molar-refractivity contribution in [1.29, 1.82) is 0 Å². The number of aryl methyl sites for hydroxylation is 1. The van der Waals surface area contributed by atoms with E-state index in [2.05, 4.69) is 33.5 Å². The monoisotopic (exact) mass is 340 g/mol. The number of carbonyl (C=O) groups excluding carboxylic acids is 1. The topological polar surface area (TPSA) is 41.4 Å². The van der Waals surface area contributed by atoms with Crippen LogP contribution in [0.2, 0.25) is 0 Å². The Morgan fingerprint density at radius 1 is 1.36 bits per heavy atom. The van der Waals surface area contributed by atoms with Crippen molar-refractivity contribution in [3.05, 3.63) is 54.1 Å². The summed E-state index contributed by atoms with van der Waals surface area (Å²) in [6, 6.07) is 10.2. The number of hydrogen-bond donors (Lipinski definition) is 0. The van der Waals surface area contributed by atoms with E-state index in [0.29, 0.717) is 6.04 Å². The molecule has 0 radical (unpaired) electrons. The van der Waals surface area contributed by atoms with Crippen LogP contribution in [0.15, 0.2) is 42.7 Å². The van der Waals surface area contributed by atoms with Crippen LogP contribution in [-0.2, 0) is 4.79 Å². The maximum atomic E-state index is 13.4. The average molecular weight is 340 g/mol. The van der Waals surface area contributed by atoms with Crippen molar-refractivity contribution in [1.82, 2.24) is 19.4 Å². The zero-order valence-electron chi connectivity index (χ0n) is 15.4. The lowest BCUT2D eigenvalue weighted by molar-refractivity contribution is -0.138. The molecule has 134 valence electrons. The summed E-state index contributed by atoms with van der Waals surface area (Å²) in [7, 11) is 2.02. The van der Waals surface area contributed by atoms with Gasteiger partial charge in [-0.2, -0.15) is 0 Å². The first kappa shape index (κ1) is 17.7. The molecule has 25 heavy (non-hydrogen) atoms. The number of rotatable bonds is 5. The fourth-order valence-corrected chi connectivity index (χ4v) is 3.73. The molecule has 1 saturated heterocycles. The van der Waals surface area contributed by atoms with Crippen molar-refractivity contribution >= 4 is 5.91 Å². The fraction of sp³-hybridized carbons (Fsp3) is 0.500. The smallest absolute Gasteiger partial charge is 0.244 e. The highest BCUT2D eigenvalue weighted by Crippen LogP contribution is 2.27. The van der Waals surface area contributed by atoms with Gasteiger partial charge in [0, 0.05) is 25.5 Å². The molecular weight excluding hydrogens is 312 g/mol. The minimum Gasteiger partial charge on any atom is -0.339 e. The lowest BCUT2D eigenvalue weighted by Gasteiger charge is -2.38. The third-order valence-electron chi connectivity index (χ3n) is 5.25. The van der Waals surface area contributed by atoms with Gasteiger partial charge in [0.05, 0.1) is 6.04 Å². The molecule has 0 aliphatic carbocycles. The molecule has 0 N–H and O–H groups in total. The molecule has 1 aromatic heterocycles. The minimum absolute atomic E-state index is 0.206. The molecular formula is C20H28N4O. The molecule has 2 heterocycles. The molecule has 3 rings (SSSR count).